The molecule has 0 spiro atoms. The minimum absolute atomic E-state index is 0.0156. The molecular formula is C9H11NO4S. The summed E-state index contributed by atoms with van der Waals surface area (Å²) in [6.07, 6.45) is 0.528. The van der Waals surface area contributed by atoms with Gasteiger partial charge in [-0.25, -0.2) is 13.6 Å². The molecular weight excluding hydrogens is 218 g/mol. The molecule has 0 aliphatic heterocycles. The third-order valence-corrected chi connectivity index (χ3v) is 2.78. The first-order valence-corrected chi connectivity index (χ1v) is 5.61. The molecule has 1 aromatic rings. The third-order valence-electron chi connectivity index (χ3n) is 1.87. The predicted molar refractivity (Wildman–Crippen MR) is 54.5 cm³/mol. The standard InChI is InChI=1S/C9H11NO4S/c1-6-3-7(5-11)9(14-2)8(4-6)15(10,12)13/h3-5H,1-2H3,(H2,10,12,13). The van der Waals surface area contributed by atoms with Gasteiger partial charge >= 0.3 is 0 Å². The highest BCUT2D eigenvalue weighted by molar-refractivity contribution is 7.89. The zero-order valence-electron chi connectivity index (χ0n) is 8.35. The number of hydrogen-bond donors (Lipinski definition) is 1. The van der Waals surface area contributed by atoms with Gasteiger partial charge in [0.15, 0.2) is 6.29 Å². The van der Waals surface area contributed by atoms with Crippen molar-refractivity contribution in [3.63, 3.8) is 0 Å². The number of nitrogens with two attached hydrogens (primary N) is 1. The molecule has 0 unspecified atom stereocenters. The van der Waals surface area contributed by atoms with E-state index in [2.05, 4.69) is 0 Å². The maximum Gasteiger partial charge on any atom is 0.241 e. The molecule has 82 valence electrons. The van der Waals surface area contributed by atoms with Crippen LogP contribution in [0, 0.1) is 6.92 Å². The van der Waals surface area contributed by atoms with E-state index in [-0.39, 0.29) is 16.2 Å². The van der Waals surface area contributed by atoms with Crippen molar-refractivity contribution in [2.45, 2.75) is 11.8 Å². The first-order valence-electron chi connectivity index (χ1n) is 4.06. The van der Waals surface area contributed by atoms with Gasteiger partial charge in [-0.05, 0) is 24.6 Å². The Kier molecular flexibility index (Phi) is 3.11. The molecule has 0 amide bonds. The molecule has 0 heterocycles. The number of carbonyl (C=O) groups excluding carboxylic acids is 1. The molecule has 15 heavy (non-hydrogen) atoms. The fourth-order valence-electron chi connectivity index (χ4n) is 1.28. The number of ether oxygens (including phenoxy) is 1. The van der Waals surface area contributed by atoms with Gasteiger partial charge in [0.1, 0.15) is 10.6 Å². The van der Waals surface area contributed by atoms with Gasteiger partial charge in [0, 0.05) is 0 Å². The van der Waals surface area contributed by atoms with Crippen LogP contribution in [0.25, 0.3) is 0 Å². The van der Waals surface area contributed by atoms with E-state index in [0.29, 0.717) is 11.8 Å². The van der Waals surface area contributed by atoms with Crippen molar-refractivity contribution in [2.75, 3.05) is 7.11 Å². The number of methoxy groups -OCH3 is 1. The van der Waals surface area contributed by atoms with Crippen molar-refractivity contribution in [1.82, 2.24) is 0 Å². The van der Waals surface area contributed by atoms with E-state index in [1.807, 2.05) is 0 Å². The van der Waals surface area contributed by atoms with Gasteiger partial charge in [-0.3, -0.25) is 4.79 Å². The lowest BCUT2D eigenvalue weighted by atomic mass is 10.1. The van der Waals surface area contributed by atoms with Crippen LogP contribution >= 0.6 is 0 Å². The molecule has 1 rings (SSSR count). The molecule has 1 aromatic carbocycles. The average Bonchev–Trinajstić information content (AvgIpc) is 2.15. The van der Waals surface area contributed by atoms with Crippen molar-refractivity contribution in [3.8, 4) is 5.75 Å². The summed E-state index contributed by atoms with van der Waals surface area (Å²) in [5.41, 5.74) is 0.795. The van der Waals surface area contributed by atoms with Crippen molar-refractivity contribution in [1.29, 1.82) is 0 Å². The summed E-state index contributed by atoms with van der Waals surface area (Å²) in [5.74, 6) is -0.0156. The van der Waals surface area contributed by atoms with Crippen molar-refractivity contribution in [3.05, 3.63) is 23.3 Å². The number of carbonyl (C=O) groups is 1. The highest BCUT2D eigenvalue weighted by Gasteiger charge is 2.18. The Morgan fingerprint density at radius 2 is 2.00 bits per heavy atom. The summed E-state index contributed by atoms with van der Waals surface area (Å²) in [6.45, 7) is 1.67. The first kappa shape index (κ1) is 11.7. The van der Waals surface area contributed by atoms with Crippen molar-refractivity contribution in [2.24, 2.45) is 5.14 Å². The summed E-state index contributed by atoms with van der Waals surface area (Å²) >= 11 is 0. The van der Waals surface area contributed by atoms with Gasteiger partial charge in [-0.15, -0.1) is 0 Å². The predicted octanol–water partition coefficient (Wildman–Crippen LogP) is 0.464. The van der Waals surface area contributed by atoms with Crippen LogP contribution in [0.1, 0.15) is 15.9 Å². The fourth-order valence-corrected chi connectivity index (χ4v) is 2.09. The number of sulfonamides is 1. The Morgan fingerprint density at radius 3 is 2.40 bits per heavy atom. The van der Waals surface area contributed by atoms with E-state index in [9.17, 15) is 13.2 Å². The topological polar surface area (TPSA) is 86.5 Å². The second kappa shape index (κ2) is 4.00. The van der Waals surface area contributed by atoms with Crippen molar-refractivity contribution < 1.29 is 17.9 Å². The SMILES string of the molecule is COc1c(C=O)cc(C)cc1S(N)(=O)=O. The number of primary sulfonamides is 1. The van der Waals surface area contributed by atoms with Gasteiger partial charge in [-0.2, -0.15) is 0 Å². The van der Waals surface area contributed by atoms with Gasteiger partial charge in [0.2, 0.25) is 10.0 Å². The summed E-state index contributed by atoms with van der Waals surface area (Å²) in [6, 6.07) is 2.89. The summed E-state index contributed by atoms with van der Waals surface area (Å²) < 4.78 is 27.3. The minimum atomic E-state index is -3.88. The second-order valence-electron chi connectivity index (χ2n) is 3.05. The molecule has 0 aromatic heterocycles. The molecule has 0 saturated heterocycles. The smallest absolute Gasteiger partial charge is 0.241 e. The normalized spacial score (nSPS) is 11.1. The minimum Gasteiger partial charge on any atom is -0.495 e. The number of rotatable bonds is 3. The van der Waals surface area contributed by atoms with Crippen LogP contribution in [0.2, 0.25) is 0 Å². The van der Waals surface area contributed by atoms with Crippen molar-refractivity contribution >= 4 is 16.3 Å². The molecule has 0 radical (unpaired) electrons. The van der Waals surface area contributed by atoms with E-state index in [0.717, 1.165) is 0 Å². The van der Waals surface area contributed by atoms with Crippen LogP contribution < -0.4 is 9.88 Å². The van der Waals surface area contributed by atoms with Gasteiger partial charge in [-0.1, -0.05) is 0 Å². The highest BCUT2D eigenvalue weighted by Crippen LogP contribution is 2.27. The quantitative estimate of drug-likeness (QED) is 0.763. The zero-order valence-corrected chi connectivity index (χ0v) is 9.17. The molecule has 5 nitrogen and oxygen atoms in total. The molecule has 2 N–H and O–H groups in total. The zero-order chi connectivity index (χ0) is 11.6. The number of aldehydes is 1. The molecule has 0 aliphatic rings. The summed E-state index contributed by atoms with van der Waals surface area (Å²) in [7, 11) is -2.60. The van der Waals surface area contributed by atoms with Crippen LogP contribution in [0.15, 0.2) is 17.0 Å². The molecule has 0 atom stereocenters. The van der Waals surface area contributed by atoms with Crippen LogP contribution in [0.5, 0.6) is 5.75 Å². The van der Waals surface area contributed by atoms with Crippen LogP contribution in [0.4, 0.5) is 0 Å². The first-order chi connectivity index (χ1) is 6.90. The van der Waals surface area contributed by atoms with Crippen LogP contribution in [0.3, 0.4) is 0 Å². The van der Waals surface area contributed by atoms with E-state index in [1.54, 1.807) is 6.92 Å². The van der Waals surface area contributed by atoms with E-state index in [4.69, 9.17) is 9.88 Å². The lowest BCUT2D eigenvalue weighted by Gasteiger charge is -2.09. The Labute approximate surface area is 87.9 Å². The molecule has 0 fully saturated rings. The molecule has 0 saturated carbocycles. The van der Waals surface area contributed by atoms with Crippen LogP contribution in [-0.4, -0.2) is 21.8 Å². The maximum atomic E-state index is 11.2. The van der Waals surface area contributed by atoms with Gasteiger partial charge in [0.05, 0.1) is 12.7 Å². The van der Waals surface area contributed by atoms with Gasteiger partial charge in [0.25, 0.3) is 0 Å². The third kappa shape index (κ3) is 2.34. The Hall–Kier alpha value is -1.40. The fraction of sp³-hybridized carbons (Fsp3) is 0.222. The Balaban J connectivity index is 3.64. The van der Waals surface area contributed by atoms with E-state index < -0.39 is 10.0 Å². The second-order valence-corrected chi connectivity index (χ2v) is 4.58. The molecule has 0 bridgehead atoms. The number of aryl methyl sites for hydroxylation is 1. The summed E-state index contributed by atoms with van der Waals surface area (Å²) in [4.78, 5) is 10.5. The Morgan fingerprint density at radius 1 is 1.40 bits per heavy atom. The summed E-state index contributed by atoms with van der Waals surface area (Å²) in [5, 5.41) is 5.00. The molecule has 0 aliphatic carbocycles. The van der Waals surface area contributed by atoms with Gasteiger partial charge < -0.3 is 4.74 Å². The maximum absolute atomic E-state index is 11.2. The van der Waals surface area contributed by atoms with E-state index in [1.165, 1.54) is 19.2 Å². The average molecular weight is 229 g/mol. The number of hydrogen-bond acceptors (Lipinski definition) is 4. The molecule has 6 heteroatoms. The number of benzene rings is 1. The van der Waals surface area contributed by atoms with Crippen LogP contribution in [-0.2, 0) is 10.0 Å². The monoisotopic (exact) mass is 229 g/mol. The lowest BCUT2D eigenvalue weighted by molar-refractivity contribution is 0.112. The lowest BCUT2D eigenvalue weighted by Crippen LogP contribution is -2.14. The Bertz CT molecular complexity index is 493. The largest absolute Gasteiger partial charge is 0.495 e. The highest BCUT2D eigenvalue weighted by atomic mass is 32.2. The van der Waals surface area contributed by atoms with E-state index >= 15 is 0 Å².